The molecular formula is C21H23FN4O2S. The molecule has 6 nitrogen and oxygen atoms in total. The van der Waals surface area contributed by atoms with E-state index in [0.29, 0.717) is 25.9 Å². The molecule has 8 heteroatoms. The highest BCUT2D eigenvalue weighted by atomic mass is 32.2. The van der Waals surface area contributed by atoms with Crippen molar-refractivity contribution in [2.75, 3.05) is 13.1 Å². The number of pyridine rings is 1. The van der Waals surface area contributed by atoms with Crippen LogP contribution in [0.15, 0.2) is 55.0 Å². The van der Waals surface area contributed by atoms with Crippen molar-refractivity contribution >= 4 is 10.0 Å². The summed E-state index contributed by atoms with van der Waals surface area (Å²) in [6.45, 7) is 2.84. The lowest BCUT2D eigenvalue weighted by Crippen LogP contribution is -2.40. The van der Waals surface area contributed by atoms with Gasteiger partial charge in [-0.1, -0.05) is 18.2 Å². The van der Waals surface area contributed by atoms with Gasteiger partial charge in [0.15, 0.2) is 0 Å². The first kappa shape index (κ1) is 19.7. The molecule has 29 heavy (non-hydrogen) atoms. The minimum absolute atomic E-state index is 0.167. The van der Waals surface area contributed by atoms with E-state index in [1.54, 1.807) is 24.5 Å². The van der Waals surface area contributed by atoms with Crippen LogP contribution < -0.4 is 0 Å². The molecule has 1 saturated heterocycles. The third-order valence-corrected chi connectivity index (χ3v) is 7.23. The largest absolute Gasteiger partial charge is 0.325 e. The molecule has 1 fully saturated rings. The predicted octanol–water partition coefficient (Wildman–Crippen LogP) is 3.56. The molecule has 0 unspecified atom stereocenters. The average Bonchev–Trinajstić information content (AvgIpc) is 3.12. The van der Waals surface area contributed by atoms with Gasteiger partial charge in [0.1, 0.15) is 11.6 Å². The Morgan fingerprint density at radius 1 is 1.10 bits per heavy atom. The number of halogens is 1. The van der Waals surface area contributed by atoms with E-state index in [-0.39, 0.29) is 17.4 Å². The van der Waals surface area contributed by atoms with Gasteiger partial charge in [0.25, 0.3) is 0 Å². The van der Waals surface area contributed by atoms with Crippen molar-refractivity contribution in [1.29, 1.82) is 0 Å². The zero-order valence-corrected chi connectivity index (χ0v) is 17.0. The van der Waals surface area contributed by atoms with Crippen molar-refractivity contribution in [2.24, 2.45) is 0 Å². The Morgan fingerprint density at radius 3 is 2.48 bits per heavy atom. The van der Waals surface area contributed by atoms with Gasteiger partial charge in [-0.15, -0.1) is 0 Å². The van der Waals surface area contributed by atoms with Crippen LogP contribution in [0.4, 0.5) is 4.39 Å². The maximum atomic E-state index is 13.9. The fourth-order valence-electron chi connectivity index (χ4n) is 3.90. The van der Waals surface area contributed by atoms with Crippen molar-refractivity contribution in [2.45, 2.75) is 31.6 Å². The number of aromatic nitrogens is 3. The number of imidazole rings is 1. The highest BCUT2D eigenvalue weighted by molar-refractivity contribution is 7.88. The number of piperidine rings is 1. The van der Waals surface area contributed by atoms with Crippen LogP contribution in [0.1, 0.15) is 30.1 Å². The molecular weight excluding hydrogens is 391 g/mol. The van der Waals surface area contributed by atoms with E-state index >= 15 is 0 Å². The van der Waals surface area contributed by atoms with Gasteiger partial charge in [-0.2, -0.15) is 0 Å². The predicted molar refractivity (Wildman–Crippen MR) is 109 cm³/mol. The fourth-order valence-corrected chi connectivity index (χ4v) is 5.48. The van der Waals surface area contributed by atoms with Gasteiger partial charge >= 0.3 is 0 Å². The summed E-state index contributed by atoms with van der Waals surface area (Å²) in [6, 6.07) is 10.0. The number of hydrogen-bond donors (Lipinski definition) is 0. The number of aryl methyl sites for hydroxylation is 1. The molecule has 3 heterocycles. The smallest absolute Gasteiger partial charge is 0.218 e. The molecule has 0 spiro atoms. The minimum Gasteiger partial charge on any atom is -0.325 e. The first-order valence-electron chi connectivity index (χ1n) is 9.61. The van der Waals surface area contributed by atoms with Gasteiger partial charge in [-0.05, 0) is 38.0 Å². The second kappa shape index (κ2) is 8.04. The summed E-state index contributed by atoms with van der Waals surface area (Å²) in [5.41, 5.74) is 2.24. The third kappa shape index (κ3) is 4.09. The van der Waals surface area contributed by atoms with Crippen LogP contribution in [0, 0.1) is 12.7 Å². The maximum absolute atomic E-state index is 13.9. The lowest BCUT2D eigenvalue weighted by Gasteiger charge is -2.33. The van der Waals surface area contributed by atoms with E-state index < -0.39 is 15.8 Å². The topological polar surface area (TPSA) is 68.1 Å². The molecule has 0 saturated carbocycles. The van der Waals surface area contributed by atoms with E-state index in [9.17, 15) is 12.8 Å². The molecule has 4 rings (SSSR count). The lowest BCUT2D eigenvalue weighted by molar-refractivity contribution is 0.273. The van der Waals surface area contributed by atoms with Gasteiger partial charge in [-0.25, -0.2) is 22.1 Å². The van der Waals surface area contributed by atoms with E-state index in [2.05, 4.69) is 14.5 Å². The van der Waals surface area contributed by atoms with E-state index in [1.165, 1.54) is 16.4 Å². The molecule has 0 atom stereocenters. The standard InChI is InChI=1S/C21H23FN4O2S/c1-16-14-24-21(17-6-10-23-11-7-17)26(16)19-8-12-25(13-9-19)29(27,28)15-18-4-2-3-5-20(18)22/h2-7,10-11,14,19H,8-9,12-13,15H2,1H3. The van der Waals surface area contributed by atoms with E-state index in [1.807, 2.05) is 25.3 Å². The molecule has 0 amide bonds. The second-order valence-electron chi connectivity index (χ2n) is 7.31. The highest BCUT2D eigenvalue weighted by Crippen LogP contribution is 2.31. The summed E-state index contributed by atoms with van der Waals surface area (Å²) in [4.78, 5) is 8.62. The Balaban J connectivity index is 1.49. The molecule has 3 aromatic rings. The van der Waals surface area contributed by atoms with Crippen LogP contribution in [-0.2, 0) is 15.8 Å². The summed E-state index contributed by atoms with van der Waals surface area (Å²) >= 11 is 0. The molecule has 1 aliphatic rings. The van der Waals surface area contributed by atoms with Gasteiger partial charge in [-0.3, -0.25) is 4.98 Å². The molecule has 2 aromatic heterocycles. The van der Waals surface area contributed by atoms with Gasteiger partial charge in [0.05, 0.1) is 5.75 Å². The summed E-state index contributed by atoms with van der Waals surface area (Å²) < 4.78 is 43.1. The zero-order chi connectivity index (χ0) is 20.4. The van der Waals surface area contributed by atoms with Crippen LogP contribution in [0.3, 0.4) is 0 Å². The van der Waals surface area contributed by atoms with E-state index in [0.717, 1.165) is 17.1 Å². The van der Waals surface area contributed by atoms with Crippen molar-refractivity contribution in [3.63, 3.8) is 0 Å². The summed E-state index contributed by atoms with van der Waals surface area (Å²) in [5, 5.41) is 0. The molecule has 1 aromatic carbocycles. The number of rotatable bonds is 5. The average molecular weight is 415 g/mol. The first-order chi connectivity index (χ1) is 14.0. The Bertz CT molecular complexity index is 1090. The molecule has 0 bridgehead atoms. The lowest BCUT2D eigenvalue weighted by atomic mass is 10.1. The number of hydrogen-bond acceptors (Lipinski definition) is 4. The molecule has 152 valence electrons. The van der Waals surface area contributed by atoms with Gasteiger partial charge < -0.3 is 4.57 Å². The van der Waals surface area contributed by atoms with Crippen molar-refractivity contribution in [3.05, 3.63) is 72.1 Å². The van der Waals surface area contributed by atoms with Crippen LogP contribution in [-0.4, -0.2) is 40.3 Å². The number of nitrogens with zero attached hydrogens (tertiary/aromatic N) is 4. The normalized spacial score (nSPS) is 16.2. The summed E-state index contributed by atoms with van der Waals surface area (Å²) in [5.74, 6) is 0.0797. The first-order valence-corrected chi connectivity index (χ1v) is 11.2. The van der Waals surface area contributed by atoms with Crippen molar-refractivity contribution in [3.8, 4) is 11.4 Å². The summed E-state index contributed by atoms with van der Waals surface area (Å²) in [7, 11) is -3.56. The Labute approximate surface area is 170 Å². The Hall–Kier alpha value is -2.58. The van der Waals surface area contributed by atoms with Gasteiger partial charge in [0.2, 0.25) is 10.0 Å². The molecule has 0 N–H and O–H groups in total. The van der Waals surface area contributed by atoms with Crippen LogP contribution in [0.5, 0.6) is 0 Å². The molecule has 1 aliphatic heterocycles. The molecule has 0 radical (unpaired) electrons. The Kier molecular flexibility index (Phi) is 5.47. The monoisotopic (exact) mass is 414 g/mol. The van der Waals surface area contributed by atoms with Crippen LogP contribution in [0.25, 0.3) is 11.4 Å². The fraction of sp³-hybridized carbons (Fsp3) is 0.333. The minimum atomic E-state index is -3.56. The molecule has 0 aliphatic carbocycles. The van der Waals surface area contributed by atoms with Crippen LogP contribution >= 0.6 is 0 Å². The zero-order valence-electron chi connectivity index (χ0n) is 16.2. The SMILES string of the molecule is Cc1cnc(-c2ccncc2)n1C1CCN(S(=O)(=O)Cc2ccccc2F)CC1. The van der Waals surface area contributed by atoms with Crippen molar-refractivity contribution in [1.82, 2.24) is 18.8 Å². The second-order valence-corrected chi connectivity index (χ2v) is 9.28. The van der Waals surface area contributed by atoms with Gasteiger partial charge in [0, 0.05) is 54.5 Å². The Morgan fingerprint density at radius 2 is 1.79 bits per heavy atom. The van der Waals surface area contributed by atoms with E-state index in [4.69, 9.17) is 0 Å². The number of benzene rings is 1. The maximum Gasteiger partial charge on any atom is 0.218 e. The van der Waals surface area contributed by atoms with Crippen molar-refractivity contribution < 1.29 is 12.8 Å². The highest BCUT2D eigenvalue weighted by Gasteiger charge is 2.30. The summed E-state index contributed by atoms with van der Waals surface area (Å²) in [6.07, 6.45) is 6.69. The number of sulfonamides is 1. The quantitative estimate of drug-likeness (QED) is 0.640. The third-order valence-electron chi connectivity index (χ3n) is 5.40. The van der Waals surface area contributed by atoms with Crippen LogP contribution in [0.2, 0.25) is 0 Å².